The summed E-state index contributed by atoms with van der Waals surface area (Å²) in [6.07, 6.45) is 1.23. The van der Waals surface area contributed by atoms with Crippen LogP contribution in [-0.4, -0.2) is 24.9 Å². The number of aromatic nitrogens is 5. The third-order valence-corrected chi connectivity index (χ3v) is 6.50. The lowest BCUT2D eigenvalue weighted by atomic mass is 9.99. The number of benzene rings is 2. The minimum Gasteiger partial charge on any atom is -0.483 e. The fourth-order valence-corrected chi connectivity index (χ4v) is 4.71. The summed E-state index contributed by atoms with van der Waals surface area (Å²) in [5, 5.41) is 9.35. The summed E-state index contributed by atoms with van der Waals surface area (Å²) in [5.74, 6) is -1.08. The van der Waals surface area contributed by atoms with Crippen LogP contribution in [0, 0.1) is 19.8 Å². The first-order chi connectivity index (χ1) is 18.7. The van der Waals surface area contributed by atoms with E-state index in [1.54, 1.807) is 24.6 Å². The lowest BCUT2D eigenvalue weighted by molar-refractivity contribution is 0.226. The van der Waals surface area contributed by atoms with Gasteiger partial charge in [0.05, 0.1) is 10.9 Å². The number of hydrogen-bond acceptors (Lipinski definition) is 8. The van der Waals surface area contributed by atoms with Gasteiger partial charge >= 0.3 is 5.76 Å². The van der Waals surface area contributed by atoms with Gasteiger partial charge in [-0.1, -0.05) is 5.16 Å². The molecule has 0 saturated heterocycles. The summed E-state index contributed by atoms with van der Waals surface area (Å²) in [6, 6.07) is 11.9. The zero-order chi connectivity index (χ0) is 27.4. The predicted octanol–water partition coefficient (Wildman–Crippen LogP) is 4.98. The van der Waals surface area contributed by atoms with E-state index in [1.807, 2.05) is 44.4 Å². The number of aryl methyl sites for hydroxylation is 2. The zero-order valence-corrected chi connectivity index (χ0v) is 21.4. The molecule has 0 aliphatic rings. The molecule has 39 heavy (non-hydrogen) atoms. The maximum absolute atomic E-state index is 14.0. The molecule has 1 N–H and O–H groups in total. The molecule has 0 radical (unpaired) electrons. The van der Waals surface area contributed by atoms with E-state index in [2.05, 4.69) is 24.7 Å². The van der Waals surface area contributed by atoms with Crippen LogP contribution < -0.4 is 15.9 Å². The van der Waals surface area contributed by atoms with E-state index >= 15 is 0 Å². The average Bonchev–Trinajstić information content (AvgIpc) is 3.50. The molecule has 0 amide bonds. The standard InChI is InChI=1S/C28H22FN5O5/c1-13-9-18(15(3)37-21-7-8-22(29)30-23(21)27-31-28(36)39-33-27)26-19(10-13)24(35)14(2)25(38-26)16-5-6-20-17(11-16)12-34(4)32-20/h5-12,15H,1-4H3,(H,31,33,36)/t15-/m1/s1. The van der Waals surface area contributed by atoms with Crippen LogP contribution in [0.15, 0.2) is 67.2 Å². The lowest BCUT2D eigenvalue weighted by Gasteiger charge is -2.19. The number of halogens is 1. The van der Waals surface area contributed by atoms with Gasteiger partial charge in [0.2, 0.25) is 11.8 Å². The van der Waals surface area contributed by atoms with Gasteiger partial charge in [-0.05, 0) is 68.8 Å². The van der Waals surface area contributed by atoms with E-state index in [9.17, 15) is 14.0 Å². The van der Waals surface area contributed by atoms with Gasteiger partial charge < -0.3 is 9.15 Å². The lowest BCUT2D eigenvalue weighted by Crippen LogP contribution is -2.12. The topological polar surface area (TPSA) is 129 Å². The normalized spacial score (nSPS) is 12.3. The minimum atomic E-state index is -0.811. The highest BCUT2D eigenvalue weighted by Gasteiger charge is 2.22. The molecule has 0 saturated carbocycles. The summed E-state index contributed by atoms with van der Waals surface area (Å²) >= 11 is 0. The second kappa shape index (κ2) is 9.05. The van der Waals surface area contributed by atoms with Crippen molar-refractivity contribution in [2.45, 2.75) is 26.9 Å². The van der Waals surface area contributed by atoms with Crippen molar-refractivity contribution < 1.29 is 18.1 Å². The van der Waals surface area contributed by atoms with Gasteiger partial charge in [0.15, 0.2) is 11.1 Å². The molecule has 6 rings (SSSR count). The molecule has 4 heterocycles. The van der Waals surface area contributed by atoms with E-state index in [0.29, 0.717) is 27.9 Å². The third-order valence-electron chi connectivity index (χ3n) is 6.50. The SMILES string of the molecule is Cc1cc([C@@H](C)Oc2ccc(F)nc2-c2noc(=O)[nH]2)c2oc(-c3ccc4nn(C)cc4c3)c(C)c(=O)c2c1. The van der Waals surface area contributed by atoms with Crippen molar-refractivity contribution in [1.29, 1.82) is 0 Å². The molecule has 4 aromatic heterocycles. The van der Waals surface area contributed by atoms with E-state index < -0.39 is 17.8 Å². The molecule has 0 spiro atoms. The Morgan fingerprint density at radius 1 is 1.10 bits per heavy atom. The van der Waals surface area contributed by atoms with Crippen molar-refractivity contribution >= 4 is 21.9 Å². The van der Waals surface area contributed by atoms with Gasteiger partial charge in [0, 0.05) is 35.3 Å². The highest BCUT2D eigenvalue weighted by atomic mass is 19.1. The van der Waals surface area contributed by atoms with Gasteiger partial charge in [-0.2, -0.15) is 9.49 Å². The second-order valence-corrected chi connectivity index (χ2v) is 9.38. The first-order valence-corrected chi connectivity index (χ1v) is 12.1. The number of ether oxygens (including phenoxy) is 1. The summed E-state index contributed by atoms with van der Waals surface area (Å²) in [4.78, 5) is 31.2. The second-order valence-electron chi connectivity index (χ2n) is 9.38. The molecule has 0 fully saturated rings. The van der Waals surface area contributed by atoms with Crippen LogP contribution in [-0.2, 0) is 7.05 Å². The predicted molar refractivity (Wildman–Crippen MR) is 141 cm³/mol. The number of pyridine rings is 1. The number of aromatic amines is 1. The molecule has 0 bridgehead atoms. The molecule has 196 valence electrons. The van der Waals surface area contributed by atoms with Crippen molar-refractivity contribution in [3.05, 3.63) is 92.1 Å². The average molecular weight is 528 g/mol. The summed E-state index contributed by atoms with van der Waals surface area (Å²) in [6.45, 7) is 5.39. The summed E-state index contributed by atoms with van der Waals surface area (Å²) < 4.78 is 32.9. The van der Waals surface area contributed by atoms with Crippen LogP contribution >= 0.6 is 0 Å². The highest BCUT2D eigenvalue weighted by molar-refractivity contribution is 5.87. The van der Waals surface area contributed by atoms with Crippen LogP contribution in [0.2, 0.25) is 0 Å². The van der Waals surface area contributed by atoms with E-state index in [4.69, 9.17) is 9.15 Å². The van der Waals surface area contributed by atoms with Gasteiger partial charge in [-0.25, -0.2) is 9.78 Å². The van der Waals surface area contributed by atoms with Crippen LogP contribution in [0.4, 0.5) is 4.39 Å². The number of nitrogens with one attached hydrogen (secondary N) is 1. The molecule has 0 unspecified atom stereocenters. The molecular weight excluding hydrogens is 505 g/mol. The Hall–Kier alpha value is -5.06. The Kier molecular flexibility index (Phi) is 5.63. The molecule has 1 atom stereocenters. The summed E-state index contributed by atoms with van der Waals surface area (Å²) in [7, 11) is 1.85. The Morgan fingerprint density at radius 2 is 1.92 bits per heavy atom. The molecule has 0 aliphatic carbocycles. The van der Waals surface area contributed by atoms with Crippen molar-refractivity contribution in [3.63, 3.8) is 0 Å². The van der Waals surface area contributed by atoms with Crippen LogP contribution in [0.1, 0.15) is 29.7 Å². The van der Waals surface area contributed by atoms with Gasteiger partial charge in [-0.15, -0.1) is 0 Å². The quantitative estimate of drug-likeness (QED) is 0.311. The van der Waals surface area contributed by atoms with Crippen LogP contribution in [0.3, 0.4) is 0 Å². The third kappa shape index (κ3) is 4.27. The van der Waals surface area contributed by atoms with Crippen LogP contribution in [0.25, 0.3) is 44.7 Å². The molecule has 10 nitrogen and oxygen atoms in total. The van der Waals surface area contributed by atoms with E-state index in [1.165, 1.54) is 6.07 Å². The van der Waals surface area contributed by atoms with Gasteiger partial charge in [0.25, 0.3) is 0 Å². The molecule has 0 aliphatic heterocycles. The number of fused-ring (bicyclic) bond motifs is 2. The Morgan fingerprint density at radius 3 is 2.69 bits per heavy atom. The number of H-pyrrole nitrogens is 1. The van der Waals surface area contributed by atoms with Crippen molar-refractivity contribution in [2.24, 2.45) is 7.05 Å². The van der Waals surface area contributed by atoms with Gasteiger partial charge in [0.1, 0.15) is 23.2 Å². The number of rotatable bonds is 5. The Balaban J connectivity index is 1.49. The number of hydrogen-bond donors (Lipinski definition) is 1. The van der Waals surface area contributed by atoms with E-state index in [0.717, 1.165) is 28.1 Å². The molecule has 2 aromatic carbocycles. The van der Waals surface area contributed by atoms with Crippen molar-refractivity contribution in [3.8, 4) is 28.6 Å². The maximum atomic E-state index is 14.0. The smallest absolute Gasteiger partial charge is 0.439 e. The van der Waals surface area contributed by atoms with Crippen LogP contribution in [0.5, 0.6) is 5.75 Å². The Labute approximate surface area is 219 Å². The molecule has 11 heteroatoms. The zero-order valence-electron chi connectivity index (χ0n) is 21.4. The Bertz CT molecular complexity index is 2020. The molecule has 6 aromatic rings. The monoisotopic (exact) mass is 527 g/mol. The first-order valence-electron chi connectivity index (χ1n) is 12.1. The fraction of sp³-hybridized carbons (Fsp3) is 0.179. The van der Waals surface area contributed by atoms with Crippen molar-refractivity contribution in [1.82, 2.24) is 24.9 Å². The largest absolute Gasteiger partial charge is 0.483 e. The fourth-order valence-electron chi connectivity index (χ4n) is 4.71. The molecular formula is C28H22FN5O5. The van der Waals surface area contributed by atoms with E-state index in [-0.39, 0.29) is 22.7 Å². The van der Waals surface area contributed by atoms with Gasteiger partial charge in [-0.3, -0.25) is 19.0 Å². The maximum Gasteiger partial charge on any atom is 0.439 e. The minimum absolute atomic E-state index is 0.0348. The number of nitrogens with zero attached hydrogens (tertiary/aromatic N) is 4. The highest BCUT2D eigenvalue weighted by Crippen LogP contribution is 2.35. The van der Waals surface area contributed by atoms with Crippen molar-refractivity contribution in [2.75, 3.05) is 0 Å². The summed E-state index contributed by atoms with van der Waals surface area (Å²) in [5.41, 5.74) is 3.68. The first kappa shape index (κ1) is 24.3.